The molecule has 0 saturated carbocycles. The van der Waals surface area contributed by atoms with Crippen molar-refractivity contribution in [2.45, 2.75) is 45.7 Å². The summed E-state index contributed by atoms with van der Waals surface area (Å²) in [6.45, 7) is 6.52. The molecule has 0 spiro atoms. The number of anilines is 1. The van der Waals surface area contributed by atoms with E-state index in [2.05, 4.69) is 42.7 Å². The van der Waals surface area contributed by atoms with Crippen molar-refractivity contribution >= 4 is 5.95 Å². The Morgan fingerprint density at radius 1 is 1.35 bits per heavy atom. The van der Waals surface area contributed by atoms with Gasteiger partial charge in [-0.25, -0.2) is 4.98 Å². The topological polar surface area (TPSA) is 33.1 Å². The molecule has 1 aromatic heterocycles. The van der Waals surface area contributed by atoms with Gasteiger partial charge in [0, 0.05) is 45.3 Å². The third kappa shape index (κ3) is 2.18. The van der Waals surface area contributed by atoms with Crippen LogP contribution in [0.2, 0.25) is 0 Å². The van der Waals surface area contributed by atoms with Crippen molar-refractivity contribution in [3.05, 3.63) is 11.4 Å². The van der Waals surface area contributed by atoms with E-state index in [0.29, 0.717) is 6.04 Å². The van der Waals surface area contributed by atoms with Crippen molar-refractivity contribution in [1.29, 1.82) is 0 Å². The van der Waals surface area contributed by atoms with Crippen molar-refractivity contribution in [3.8, 4) is 0 Å². The molecule has 17 heavy (non-hydrogen) atoms. The van der Waals surface area contributed by atoms with Crippen molar-refractivity contribution in [1.82, 2.24) is 14.9 Å². The average Bonchev–Trinajstić information content (AvgIpc) is 2.71. The smallest absolute Gasteiger partial charge is 0.205 e. The molecule has 0 saturated heterocycles. The maximum Gasteiger partial charge on any atom is 0.205 e. The summed E-state index contributed by atoms with van der Waals surface area (Å²) in [6, 6.07) is 0.585. The lowest BCUT2D eigenvalue weighted by Gasteiger charge is -2.24. The zero-order chi connectivity index (χ0) is 12.4. The maximum absolute atomic E-state index is 4.79. The van der Waals surface area contributed by atoms with Gasteiger partial charge in [0.15, 0.2) is 0 Å². The molecule has 1 N–H and O–H groups in total. The first-order valence-corrected chi connectivity index (χ1v) is 6.67. The van der Waals surface area contributed by atoms with Crippen LogP contribution >= 0.6 is 0 Å². The molecule has 1 aliphatic heterocycles. The van der Waals surface area contributed by atoms with E-state index >= 15 is 0 Å². The molecular weight excluding hydrogens is 212 g/mol. The van der Waals surface area contributed by atoms with E-state index < -0.39 is 0 Å². The number of nitrogens with one attached hydrogen (secondary N) is 1. The van der Waals surface area contributed by atoms with Gasteiger partial charge in [-0.2, -0.15) is 0 Å². The lowest BCUT2D eigenvalue weighted by molar-refractivity contribution is 0.450. The van der Waals surface area contributed by atoms with E-state index in [9.17, 15) is 0 Å². The van der Waals surface area contributed by atoms with Crippen LogP contribution < -0.4 is 10.2 Å². The van der Waals surface area contributed by atoms with Crippen molar-refractivity contribution in [2.24, 2.45) is 0 Å². The first kappa shape index (κ1) is 12.4. The van der Waals surface area contributed by atoms with Crippen LogP contribution in [-0.4, -0.2) is 30.2 Å². The quantitative estimate of drug-likeness (QED) is 0.867. The lowest BCUT2D eigenvalue weighted by atomic mass is 10.1. The van der Waals surface area contributed by atoms with E-state index in [1.54, 1.807) is 0 Å². The Hall–Kier alpha value is -1.03. The Kier molecular flexibility index (Phi) is 3.72. The lowest BCUT2D eigenvalue weighted by Crippen LogP contribution is -2.26. The predicted octanol–water partition coefficient (Wildman–Crippen LogP) is 1.96. The number of hydrogen-bond donors (Lipinski definition) is 1. The average molecular weight is 236 g/mol. The van der Waals surface area contributed by atoms with Crippen LogP contribution in [0.4, 0.5) is 5.95 Å². The Labute approximate surface area is 104 Å². The highest BCUT2D eigenvalue weighted by molar-refractivity contribution is 5.37. The standard InChI is InChI=1S/C13H24N4/c1-5-10(6-2)17-12-7-8-14-9-11(12)15-13(17)16(3)4/h10,14H,5-9H2,1-4H3. The minimum atomic E-state index is 0.585. The van der Waals surface area contributed by atoms with Crippen LogP contribution in [0.5, 0.6) is 0 Å². The highest BCUT2D eigenvalue weighted by Crippen LogP contribution is 2.29. The fourth-order valence-corrected chi connectivity index (χ4v) is 2.67. The molecule has 4 nitrogen and oxygen atoms in total. The summed E-state index contributed by atoms with van der Waals surface area (Å²) in [5, 5.41) is 3.40. The molecular formula is C13H24N4. The van der Waals surface area contributed by atoms with Gasteiger partial charge in [-0.15, -0.1) is 0 Å². The summed E-state index contributed by atoms with van der Waals surface area (Å²) in [6.07, 6.45) is 3.45. The fraction of sp³-hybridized carbons (Fsp3) is 0.769. The number of nitrogens with zero attached hydrogens (tertiary/aromatic N) is 3. The van der Waals surface area contributed by atoms with Gasteiger partial charge in [0.1, 0.15) is 0 Å². The second-order valence-corrected chi connectivity index (χ2v) is 4.97. The molecule has 0 unspecified atom stereocenters. The molecule has 0 bridgehead atoms. The van der Waals surface area contributed by atoms with Gasteiger partial charge in [0.2, 0.25) is 5.95 Å². The minimum Gasteiger partial charge on any atom is -0.348 e. The van der Waals surface area contributed by atoms with Gasteiger partial charge < -0.3 is 14.8 Å². The molecule has 2 heterocycles. The van der Waals surface area contributed by atoms with Crippen LogP contribution in [0.15, 0.2) is 0 Å². The summed E-state index contributed by atoms with van der Waals surface area (Å²) < 4.78 is 2.47. The summed E-state index contributed by atoms with van der Waals surface area (Å²) in [5.74, 6) is 1.12. The van der Waals surface area contributed by atoms with Crippen molar-refractivity contribution in [2.75, 3.05) is 25.5 Å². The third-order valence-electron chi connectivity index (χ3n) is 3.61. The Morgan fingerprint density at radius 3 is 2.65 bits per heavy atom. The number of aromatic nitrogens is 2. The second-order valence-electron chi connectivity index (χ2n) is 4.97. The molecule has 1 aliphatic rings. The van der Waals surface area contributed by atoms with Crippen LogP contribution in [0.1, 0.15) is 44.1 Å². The van der Waals surface area contributed by atoms with E-state index in [4.69, 9.17) is 4.98 Å². The molecule has 4 heteroatoms. The number of imidazole rings is 1. The number of rotatable bonds is 4. The first-order valence-electron chi connectivity index (χ1n) is 6.67. The van der Waals surface area contributed by atoms with E-state index in [1.807, 2.05) is 0 Å². The van der Waals surface area contributed by atoms with Crippen molar-refractivity contribution < 1.29 is 0 Å². The van der Waals surface area contributed by atoms with Gasteiger partial charge in [-0.1, -0.05) is 13.8 Å². The summed E-state index contributed by atoms with van der Waals surface area (Å²) in [4.78, 5) is 6.93. The Morgan fingerprint density at radius 2 is 2.06 bits per heavy atom. The van der Waals surface area contributed by atoms with Gasteiger partial charge >= 0.3 is 0 Å². The number of fused-ring (bicyclic) bond motifs is 1. The Balaban J connectivity index is 2.48. The third-order valence-corrected chi connectivity index (χ3v) is 3.61. The molecule has 96 valence electrons. The minimum absolute atomic E-state index is 0.585. The molecule has 0 aromatic carbocycles. The highest BCUT2D eigenvalue weighted by atomic mass is 15.3. The maximum atomic E-state index is 4.79. The molecule has 2 rings (SSSR count). The molecule has 0 aliphatic carbocycles. The van der Waals surface area contributed by atoms with Crippen LogP contribution in [0.25, 0.3) is 0 Å². The normalized spacial score (nSPS) is 15.1. The fourth-order valence-electron chi connectivity index (χ4n) is 2.67. The van der Waals surface area contributed by atoms with Crippen LogP contribution in [0, 0.1) is 0 Å². The van der Waals surface area contributed by atoms with Crippen molar-refractivity contribution in [3.63, 3.8) is 0 Å². The second kappa shape index (κ2) is 5.08. The highest BCUT2D eigenvalue weighted by Gasteiger charge is 2.24. The molecule has 0 atom stereocenters. The van der Waals surface area contributed by atoms with Crippen LogP contribution in [-0.2, 0) is 13.0 Å². The van der Waals surface area contributed by atoms with Gasteiger partial charge in [0.25, 0.3) is 0 Å². The van der Waals surface area contributed by atoms with Gasteiger partial charge in [-0.05, 0) is 12.8 Å². The SMILES string of the molecule is CCC(CC)n1c(N(C)C)nc2c1CCNC2. The van der Waals surface area contributed by atoms with E-state index in [-0.39, 0.29) is 0 Å². The largest absolute Gasteiger partial charge is 0.348 e. The van der Waals surface area contributed by atoms with E-state index in [0.717, 1.165) is 25.5 Å². The first-order chi connectivity index (χ1) is 8.19. The number of hydrogen-bond acceptors (Lipinski definition) is 3. The van der Waals surface area contributed by atoms with E-state index in [1.165, 1.54) is 24.2 Å². The summed E-state index contributed by atoms with van der Waals surface area (Å²) in [5.41, 5.74) is 2.69. The van der Waals surface area contributed by atoms with Crippen LogP contribution in [0.3, 0.4) is 0 Å². The monoisotopic (exact) mass is 236 g/mol. The zero-order valence-corrected chi connectivity index (χ0v) is 11.5. The zero-order valence-electron chi connectivity index (χ0n) is 11.5. The summed E-state index contributed by atoms with van der Waals surface area (Å²) in [7, 11) is 4.17. The van der Waals surface area contributed by atoms with Gasteiger partial charge in [0.05, 0.1) is 5.69 Å². The molecule has 0 amide bonds. The molecule has 0 fully saturated rings. The van der Waals surface area contributed by atoms with Gasteiger partial charge in [-0.3, -0.25) is 0 Å². The Bertz CT molecular complexity index is 377. The molecule has 0 radical (unpaired) electrons. The predicted molar refractivity (Wildman–Crippen MR) is 71.6 cm³/mol. The molecule has 1 aromatic rings. The summed E-state index contributed by atoms with van der Waals surface area (Å²) >= 11 is 0.